The van der Waals surface area contributed by atoms with Gasteiger partial charge in [0.1, 0.15) is 5.75 Å². The van der Waals surface area contributed by atoms with Gasteiger partial charge in [0.25, 0.3) is 0 Å². The van der Waals surface area contributed by atoms with Crippen molar-refractivity contribution in [2.75, 3.05) is 7.11 Å². The summed E-state index contributed by atoms with van der Waals surface area (Å²) in [5, 5.41) is 15.1. The molecule has 0 aliphatic heterocycles. The third-order valence-corrected chi connectivity index (χ3v) is 3.98. The van der Waals surface area contributed by atoms with Gasteiger partial charge < -0.3 is 10.1 Å². The third-order valence-electron chi connectivity index (χ3n) is 3.98. The van der Waals surface area contributed by atoms with Gasteiger partial charge in [0.15, 0.2) is 0 Å². The molecule has 120 valence electrons. The van der Waals surface area contributed by atoms with Gasteiger partial charge in [0.2, 0.25) is 0 Å². The van der Waals surface area contributed by atoms with Crippen molar-refractivity contribution in [2.45, 2.75) is 20.0 Å². The number of nitrogens with zero attached hydrogens (tertiary/aromatic N) is 3. The normalized spacial score (nSPS) is 10.9. The fourth-order valence-corrected chi connectivity index (χ4v) is 2.41. The Hall–Kier alpha value is -2.60. The molecule has 2 N–H and O–H groups in total. The summed E-state index contributed by atoms with van der Waals surface area (Å²) in [5.74, 6) is 0.845. The molecule has 23 heavy (non-hydrogen) atoms. The zero-order valence-corrected chi connectivity index (χ0v) is 13.6. The first-order chi connectivity index (χ1) is 11.2. The van der Waals surface area contributed by atoms with Crippen LogP contribution in [0.2, 0.25) is 0 Å². The molecule has 2 aromatic heterocycles. The summed E-state index contributed by atoms with van der Waals surface area (Å²) in [5.41, 5.74) is 5.44. The summed E-state index contributed by atoms with van der Waals surface area (Å²) in [6, 6.07) is 9.95. The maximum absolute atomic E-state index is 5.17. The van der Waals surface area contributed by atoms with Crippen LogP contribution in [-0.2, 0) is 20.1 Å². The Morgan fingerprint density at radius 2 is 2.00 bits per heavy atom. The zero-order valence-electron chi connectivity index (χ0n) is 13.6. The first kappa shape index (κ1) is 15.3. The van der Waals surface area contributed by atoms with Crippen LogP contribution in [0.4, 0.5) is 0 Å². The van der Waals surface area contributed by atoms with Crippen LogP contribution in [0.25, 0.3) is 11.3 Å². The summed E-state index contributed by atoms with van der Waals surface area (Å²) in [7, 11) is 3.62. The third kappa shape index (κ3) is 3.43. The van der Waals surface area contributed by atoms with Crippen LogP contribution in [0.1, 0.15) is 17.0 Å². The summed E-state index contributed by atoms with van der Waals surface area (Å²) >= 11 is 0. The van der Waals surface area contributed by atoms with E-state index >= 15 is 0 Å². The van der Waals surface area contributed by atoms with Crippen molar-refractivity contribution in [3.8, 4) is 17.0 Å². The molecule has 3 aromatic rings. The Labute approximate surface area is 135 Å². The van der Waals surface area contributed by atoms with Gasteiger partial charge in [-0.15, -0.1) is 0 Å². The maximum atomic E-state index is 5.17. The van der Waals surface area contributed by atoms with E-state index in [0.717, 1.165) is 35.8 Å². The molecule has 0 saturated heterocycles. The highest BCUT2D eigenvalue weighted by molar-refractivity contribution is 5.60. The minimum atomic E-state index is 0.734. The molecule has 0 fully saturated rings. The van der Waals surface area contributed by atoms with Gasteiger partial charge in [-0.2, -0.15) is 10.2 Å². The van der Waals surface area contributed by atoms with Crippen LogP contribution >= 0.6 is 0 Å². The molecule has 0 bridgehead atoms. The van der Waals surface area contributed by atoms with Crippen molar-refractivity contribution in [1.82, 2.24) is 25.3 Å². The highest BCUT2D eigenvalue weighted by atomic mass is 16.5. The van der Waals surface area contributed by atoms with E-state index in [2.05, 4.69) is 33.6 Å². The van der Waals surface area contributed by atoms with Crippen molar-refractivity contribution in [1.29, 1.82) is 0 Å². The van der Waals surface area contributed by atoms with Gasteiger partial charge in [-0.1, -0.05) is 0 Å². The average Bonchev–Trinajstić information content (AvgIpc) is 3.17. The second-order valence-corrected chi connectivity index (χ2v) is 5.49. The lowest BCUT2D eigenvalue weighted by atomic mass is 10.1. The smallest absolute Gasteiger partial charge is 0.118 e. The average molecular weight is 311 g/mol. The van der Waals surface area contributed by atoms with Gasteiger partial charge in [-0.05, 0) is 37.3 Å². The Kier molecular flexibility index (Phi) is 4.43. The lowest BCUT2D eigenvalue weighted by Gasteiger charge is -2.02. The van der Waals surface area contributed by atoms with Crippen LogP contribution in [0, 0.1) is 6.92 Å². The monoisotopic (exact) mass is 311 g/mol. The molecule has 0 radical (unpaired) electrons. The van der Waals surface area contributed by atoms with Gasteiger partial charge in [-0.3, -0.25) is 9.78 Å². The van der Waals surface area contributed by atoms with Crippen LogP contribution < -0.4 is 10.1 Å². The Balaban J connectivity index is 1.59. The van der Waals surface area contributed by atoms with Crippen LogP contribution in [0.5, 0.6) is 5.75 Å². The Morgan fingerprint density at radius 1 is 1.22 bits per heavy atom. The van der Waals surface area contributed by atoms with E-state index in [1.54, 1.807) is 7.11 Å². The Bertz CT molecular complexity index is 773. The lowest BCUT2D eigenvalue weighted by molar-refractivity contribution is 0.415. The number of methoxy groups -OCH3 is 1. The predicted octanol–water partition coefficient (Wildman–Crippen LogP) is 2.42. The van der Waals surface area contributed by atoms with Gasteiger partial charge >= 0.3 is 0 Å². The number of aryl methyl sites for hydroxylation is 1. The van der Waals surface area contributed by atoms with Crippen molar-refractivity contribution in [3.63, 3.8) is 0 Å². The molecule has 0 aliphatic carbocycles. The van der Waals surface area contributed by atoms with E-state index in [1.165, 1.54) is 11.3 Å². The van der Waals surface area contributed by atoms with E-state index in [-0.39, 0.29) is 0 Å². The number of rotatable bonds is 6. The SMILES string of the molecule is COc1ccc(-c2cc(CNCc3cnn(C)c3C)[nH]n2)cc1. The molecule has 6 nitrogen and oxygen atoms in total. The minimum Gasteiger partial charge on any atom is -0.497 e. The lowest BCUT2D eigenvalue weighted by Crippen LogP contribution is -2.13. The minimum absolute atomic E-state index is 0.734. The molecule has 0 atom stereocenters. The van der Waals surface area contributed by atoms with Crippen LogP contribution in [0.15, 0.2) is 36.5 Å². The number of nitrogens with one attached hydrogen (secondary N) is 2. The summed E-state index contributed by atoms with van der Waals surface area (Å²) in [6.45, 7) is 3.59. The van der Waals surface area contributed by atoms with E-state index < -0.39 is 0 Å². The molecule has 0 unspecified atom stereocenters. The standard InChI is InChI=1S/C17H21N5O/c1-12-14(10-19-22(12)2)9-18-11-15-8-17(21-20-15)13-4-6-16(23-3)7-5-13/h4-8,10,18H,9,11H2,1-3H3,(H,20,21). The van der Waals surface area contributed by atoms with Gasteiger partial charge in [0.05, 0.1) is 19.0 Å². The fourth-order valence-electron chi connectivity index (χ4n) is 2.41. The van der Waals surface area contributed by atoms with Crippen LogP contribution in [-0.4, -0.2) is 27.1 Å². The number of H-pyrrole nitrogens is 1. The fraction of sp³-hybridized carbons (Fsp3) is 0.294. The quantitative estimate of drug-likeness (QED) is 0.733. The maximum Gasteiger partial charge on any atom is 0.118 e. The van der Waals surface area contributed by atoms with E-state index in [0.29, 0.717) is 0 Å². The highest BCUT2D eigenvalue weighted by Gasteiger charge is 2.06. The van der Waals surface area contributed by atoms with E-state index in [1.807, 2.05) is 42.2 Å². The molecule has 2 heterocycles. The van der Waals surface area contributed by atoms with Gasteiger partial charge in [-0.25, -0.2) is 0 Å². The van der Waals surface area contributed by atoms with Crippen molar-refractivity contribution in [2.24, 2.45) is 7.05 Å². The Morgan fingerprint density at radius 3 is 2.65 bits per heavy atom. The van der Waals surface area contributed by atoms with Gasteiger partial charge in [0, 0.05) is 42.7 Å². The number of hydrogen-bond donors (Lipinski definition) is 2. The first-order valence-electron chi connectivity index (χ1n) is 7.54. The summed E-state index contributed by atoms with van der Waals surface area (Å²) < 4.78 is 7.06. The van der Waals surface area contributed by atoms with Crippen LogP contribution in [0.3, 0.4) is 0 Å². The molecular formula is C17H21N5O. The van der Waals surface area contributed by atoms with E-state index in [9.17, 15) is 0 Å². The molecule has 0 spiro atoms. The number of aromatic nitrogens is 4. The molecule has 0 saturated carbocycles. The number of aromatic amines is 1. The molecule has 6 heteroatoms. The highest BCUT2D eigenvalue weighted by Crippen LogP contribution is 2.21. The second kappa shape index (κ2) is 6.66. The summed E-state index contributed by atoms with van der Waals surface area (Å²) in [4.78, 5) is 0. The zero-order chi connectivity index (χ0) is 16.2. The molecule has 0 aliphatic rings. The van der Waals surface area contributed by atoms with Crippen molar-refractivity contribution < 1.29 is 4.74 Å². The number of benzene rings is 1. The molecular weight excluding hydrogens is 290 g/mol. The largest absolute Gasteiger partial charge is 0.497 e. The topological polar surface area (TPSA) is 67.8 Å². The summed E-state index contributed by atoms with van der Waals surface area (Å²) in [6.07, 6.45) is 1.90. The molecule has 0 amide bonds. The molecule has 1 aromatic carbocycles. The van der Waals surface area contributed by atoms with Crippen molar-refractivity contribution in [3.05, 3.63) is 53.5 Å². The molecule has 3 rings (SSSR count). The second-order valence-electron chi connectivity index (χ2n) is 5.49. The predicted molar refractivity (Wildman–Crippen MR) is 89.1 cm³/mol. The number of ether oxygens (including phenoxy) is 1. The number of hydrogen-bond acceptors (Lipinski definition) is 4. The van der Waals surface area contributed by atoms with Crippen molar-refractivity contribution >= 4 is 0 Å². The van der Waals surface area contributed by atoms with E-state index in [4.69, 9.17) is 4.74 Å². The first-order valence-corrected chi connectivity index (χ1v) is 7.54.